The van der Waals surface area contributed by atoms with E-state index in [0.29, 0.717) is 33.0 Å². The molecule has 1 atom stereocenters. The number of benzene rings is 2. The number of ether oxygens (including phenoxy) is 3. The van der Waals surface area contributed by atoms with Crippen molar-refractivity contribution in [2.45, 2.75) is 19.8 Å². The molecule has 0 amide bonds. The topological polar surface area (TPSA) is 51.2 Å². The van der Waals surface area contributed by atoms with Crippen LogP contribution in [-0.2, 0) is 19.0 Å². The lowest BCUT2D eigenvalue weighted by atomic mass is 9.98. The third-order valence-corrected chi connectivity index (χ3v) is 5.64. The summed E-state index contributed by atoms with van der Waals surface area (Å²) in [6, 6.07) is 20.7. The van der Waals surface area contributed by atoms with Crippen LogP contribution in [0.3, 0.4) is 0 Å². The highest BCUT2D eigenvalue weighted by molar-refractivity contribution is 5.72. The molecule has 1 fully saturated rings. The molecule has 0 aliphatic carbocycles. The van der Waals surface area contributed by atoms with Crippen molar-refractivity contribution in [2.75, 3.05) is 64.1 Å². The van der Waals surface area contributed by atoms with Crippen molar-refractivity contribution in [3.05, 3.63) is 60.7 Å². The van der Waals surface area contributed by atoms with Crippen LogP contribution in [0.4, 0.5) is 11.4 Å². The molecule has 1 saturated heterocycles. The second-order valence-corrected chi connectivity index (χ2v) is 7.94. The molecule has 3 rings (SSSR count). The molecule has 6 heteroatoms. The Morgan fingerprint density at radius 1 is 0.938 bits per heavy atom. The fourth-order valence-electron chi connectivity index (χ4n) is 4.01. The zero-order valence-electron chi connectivity index (χ0n) is 19.2. The van der Waals surface area contributed by atoms with Gasteiger partial charge >= 0.3 is 5.97 Å². The van der Waals surface area contributed by atoms with E-state index in [-0.39, 0.29) is 11.9 Å². The minimum absolute atomic E-state index is 0.00390. The quantitative estimate of drug-likeness (QED) is 0.345. The minimum atomic E-state index is -0.0634. The SMILES string of the molecule is CCOC(=O)[C@@H]1CCCN(CCOCCOCCN(c2ccccc2)c2ccccc2)C1. The number of piperidine rings is 1. The second-order valence-electron chi connectivity index (χ2n) is 7.94. The summed E-state index contributed by atoms with van der Waals surface area (Å²) in [5, 5.41) is 0. The van der Waals surface area contributed by atoms with Crippen molar-refractivity contribution >= 4 is 17.3 Å². The molecule has 0 saturated carbocycles. The molecule has 1 heterocycles. The number of para-hydroxylation sites is 2. The van der Waals surface area contributed by atoms with E-state index in [1.165, 1.54) is 0 Å². The Morgan fingerprint density at radius 2 is 1.56 bits per heavy atom. The van der Waals surface area contributed by atoms with Gasteiger partial charge in [-0.25, -0.2) is 0 Å². The lowest BCUT2D eigenvalue weighted by Gasteiger charge is -2.31. The van der Waals surface area contributed by atoms with Crippen LogP contribution < -0.4 is 4.90 Å². The third-order valence-electron chi connectivity index (χ3n) is 5.64. The van der Waals surface area contributed by atoms with Gasteiger partial charge in [-0.1, -0.05) is 36.4 Å². The molecule has 0 spiro atoms. The van der Waals surface area contributed by atoms with Gasteiger partial charge in [-0.2, -0.15) is 0 Å². The van der Waals surface area contributed by atoms with Crippen LogP contribution in [0.15, 0.2) is 60.7 Å². The van der Waals surface area contributed by atoms with Gasteiger partial charge in [0.1, 0.15) is 0 Å². The van der Waals surface area contributed by atoms with Gasteiger partial charge in [0, 0.05) is 31.0 Å². The molecule has 0 unspecified atom stereocenters. The maximum absolute atomic E-state index is 11.9. The lowest BCUT2D eigenvalue weighted by Crippen LogP contribution is -2.41. The van der Waals surface area contributed by atoms with Crippen molar-refractivity contribution in [3.63, 3.8) is 0 Å². The number of hydrogen-bond donors (Lipinski definition) is 0. The van der Waals surface area contributed by atoms with Crippen LogP contribution in [0.5, 0.6) is 0 Å². The van der Waals surface area contributed by atoms with E-state index < -0.39 is 0 Å². The average molecular weight is 441 g/mol. The molecule has 0 N–H and O–H groups in total. The third kappa shape index (κ3) is 7.93. The van der Waals surface area contributed by atoms with Gasteiger partial charge in [-0.15, -0.1) is 0 Å². The van der Waals surface area contributed by atoms with Gasteiger partial charge in [-0.3, -0.25) is 4.79 Å². The fourth-order valence-corrected chi connectivity index (χ4v) is 4.01. The molecule has 1 aliphatic heterocycles. The number of hydrogen-bond acceptors (Lipinski definition) is 6. The zero-order chi connectivity index (χ0) is 22.4. The first-order valence-electron chi connectivity index (χ1n) is 11.7. The first kappa shape index (κ1) is 24.2. The van der Waals surface area contributed by atoms with Crippen LogP contribution in [0.25, 0.3) is 0 Å². The smallest absolute Gasteiger partial charge is 0.310 e. The van der Waals surface area contributed by atoms with Crippen molar-refractivity contribution in [2.24, 2.45) is 5.92 Å². The summed E-state index contributed by atoms with van der Waals surface area (Å²) in [7, 11) is 0. The first-order chi connectivity index (χ1) is 15.8. The summed E-state index contributed by atoms with van der Waals surface area (Å²) in [6.07, 6.45) is 1.96. The van der Waals surface area contributed by atoms with Gasteiger partial charge in [0.05, 0.1) is 39.0 Å². The van der Waals surface area contributed by atoms with Crippen molar-refractivity contribution in [3.8, 4) is 0 Å². The first-order valence-corrected chi connectivity index (χ1v) is 11.7. The van der Waals surface area contributed by atoms with E-state index in [2.05, 4.69) is 58.3 Å². The Labute approximate surface area is 192 Å². The number of likely N-dealkylation sites (tertiary alicyclic amines) is 1. The van der Waals surface area contributed by atoms with Gasteiger partial charge in [0.15, 0.2) is 0 Å². The Balaban J connectivity index is 1.30. The number of carbonyl (C=O) groups excluding carboxylic acids is 1. The summed E-state index contributed by atoms with van der Waals surface area (Å²) in [6.45, 7) is 8.14. The predicted octanol–water partition coefficient (Wildman–Crippen LogP) is 4.13. The lowest BCUT2D eigenvalue weighted by molar-refractivity contribution is -0.150. The number of carbonyl (C=O) groups is 1. The maximum Gasteiger partial charge on any atom is 0.310 e. The summed E-state index contributed by atoms with van der Waals surface area (Å²) in [5.41, 5.74) is 2.31. The summed E-state index contributed by atoms with van der Waals surface area (Å²) in [4.78, 5) is 16.5. The van der Waals surface area contributed by atoms with Gasteiger partial charge in [0.25, 0.3) is 0 Å². The molecule has 0 bridgehead atoms. The molecule has 2 aromatic rings. The van der Waals surface area contributed by atoms with Crippen molar-refractivity contribution < 1.29 is 19.0 Å². The van der Waals surface area contributed by atoms with Gasteiger partial charge in [0.2, 0.25) is 0 Å². The largest absolute Gasteiger partial charge is 0.466 e. The summed E-state index contributed by atoms with van der Waals surface area (Å²) in [5.74, 6) is -0.0595. The Morgan fingerprint density at radius 3 is 2.19 bits per heavy atom. The summed E-state index contributed by atoms with van der Waals surface area (Å²) < 4.78 is 16.8. The highest BCUT2D eigenvalue weighted by Gasteiger charge is 2.26. The number of nitrogens with zero attached hydrogens (tertiary/aromatic N) is 2. The number of anilines is 2. The Kier molecular flexibility index (Phi) is 10.5. The molecule has 0 aromatic heterocycles. The molecule has 2 aromatic carbocycles. The predicted molar refractivity (Wildman–Crippen MR) is 127 cm³/mol. The monoisotopic (exact) mass is 440 g/mol. The van der Waals surface area contributed by atoms with Gasteiger partial charge < -0.3 is 24.0 Å². The normalized spacial score (nSPS) is 16.6. The van der Waals surface area contributed by atoms with E-state index in [1.54, 1.807) is 0 Å². The van der Waals surface area contributed by atoms with Crippen LogP contribution >= 0.6 is 0 Å². The number of rotatable bonds is 13. The summed E-state index contributed by atoms with van der Waals surface area (Å²) >= 11 is 0. The minimum Gasteiger partial charge on any atom is -0.466 e. The second kappa shape index (κ2) is 13.9. The van der Waals surface area contributed by atoms with Crippen LogP contribution in [0, 0.1) is 5.92 Å². The van der Waals surface area contributed by atoms with E-state index in [1.807, 2.05) is 19.1 Å². The zero-order valence-corrected chi connectivity index (χ0v) is 19.2. The van der Waals surface area contributed by atoms with E-state index in [9.17, 15) is 4.79 Å². The average Bonchev–Trinajstić information content (AvgIpc) is 2.84. The van der Waals surface area contributed by atoms with Crippen LogP contribution in [-0.4, -0.2) is 70.1 Å². The maximum atomic E-state index is 11.9. The molecular weight excluding hydrogens is 404 g/mol. The molecule has 6 nitrogen and oxygen atoms in total. The van der Waals surface area contributed by atoms with Crippen molar-refractivity contribution in [1.82, 2.24) is 4.90 Å². The van der Waals surface area contributed by atoms with E-state index >= 15 is 0 Å². The molecule has 174 valence electrons. The highest BCUT2D eigenvalue weighted by atomic mass is 16.5. The van der Waals surface area contributed by atoms with E-state index in [4.69, 9.17) is 14.2 Å². The Hall–Kier alpha value is -2.41. The fraction of sp³-hybridized carbons (Fsp3) is 0.500. The van der Waals surface area contributed by atoms with Crippen LogP contribution in [0.1, 0.15) is 19.8 Å². The molecule has 32 heavy (non-hydrogen) atoms. The Bertz CT molecular complexity index is 732. The van der Waals surface area contributed by atoms with Crippen LogP contribution in [0.2, 0.25) is 0 Å². The van der Waals surface area contributed by atoms with E-state index in [0.717, 1.165) is 50.4 Å². The molecule has 0 radical (unpaired) electrons. The molecule has 1 aliphatic rings. The van der Waals surface area contributed by atoms with Gasteiger partial charge in [-0.05, 0) is 50.6 Å². The van der Waals surface area contributed by atoms with Crippen molar-refractivity contribution in [1.29, 1.82) is 0 Å². The standard InChI is InChI=1S/C26H36N2O4/c1-2-32-26(29)23-10-9-15-27(22-23)16-18-30-20-21-31-19-17-28(24-11-5-3-6-12-24)25-13-7-4-8-14-25/h3-8,11-14,23H,2,9-10,15-22H2,1H3/t23-/m1/s1. The number of esters is 1. The molecular formula is C26H36N2O4. The highest BCUT2D eigenvalue weighted by Crippen LogP contribution is 2.24.